The van der Waals surface area contributed by atoms with Crippen molar-refractivity contribution < 1.29 is 14.6 Å². The first kappa shape index (κ1) is 22.3. The average molecular weight is 457 g/mol. The molecule has 3 atom stereocenters. The third-order valence-corrected chi connectivity index (χ3v) is 5.14. The summed E-state index contributed by atoms with van der Waals surface area (Å²) in [5.41, 5.74) is 2.29. The highest BCUT2D eigenvalue weighted by Crippen LogP contribution is 2.25. The number of nitrogens with zero attached hydrogens (tertiary/aromatic N) is 1. The van der Waals surface area contributed by atoms with E-state index in [0.29, 0.717) is 19.8 Å². The van der Waals surface area contributed by atoms with Crippen LogP contribution in [0, 0.1) is 0 Å². The van der Waals surface area contributed by atoms with Crippen LogP contribution in [0.15, 0.2) is 59.1 Å². The molecule has 1 N–H and O–H groups in total. The Morgan fingerprint density at radius 1 is 1.22 bits per heavy atom. The maximum Gasteiger partial charge on any atom is 0.0952 e. The third-order valence-electron chi connectivity index (χ3n) is 4.65. The number of rotatable bonds is 7. The molecule has 2 aromatic rings. The standard InChI is InChI=1S/C21H26BrNO3.ClH/c1-16(17-6-3-2-4-7-17)26-15-20(24)13-23-10-11-25-21(14-23)18-8-5-9-19(22)12-18;/h2-9,12,16,20-21,24H,10-11,13-15H2,1H3;1H. The predicted molar refractivity (Wildman–Crippen MR) is 113 cm³/mol. The van der Waals surface area contributed by atoms with Crippen molar-refractivity contribution in [1.82, 2.24) is 4.90 Å². The summed E-state index contributed by atoms with van der Waals surface area (Å²) in [5.74, 6) is 0. The van der Waals surface area contributed by atoms with Gasteiger partial charge in [-0.3, -0.25) is 4.90 Å². The van der Waals surface area contributed by atoms with Gasteiger partial charge in [0.2, 0.25) is 0 Å². The van der Waals surface area contributed by atoms with Gasteiger partial charge in [0.1, 0.15) is 0 Å². The molecule has 1 fully saturated rings. The molecule has 0 aliphatic carbocycles. The van der Waals surface area contributed by atoms with Crippen molar-refractivity contribution in [1.29, 1.82) is 0 Å². The number of morpholine rings is 1. The summed E-state index contributed by atoms with van der Waals surface area (Å²) in [6.45, 7) is 5.22. The Labute approximate surface area is 176 Å². The number of aliphatic hydroxyl groups excluding tert-OH is 1. The number of hydrogen-bond donors (Lipinski definition) is 1. The molecule has 6 heteroatoms. The smallest absolute Gasteiger partial charge is 0.0952 e. The molecule has 148 valence electrons. The highest BCUT2D eigenvalue weighted by molar-refractivity contribution is 9.10. The maximum atomic E-state index is 10.4. The summed E-state index contributed by atoms with van der Waals surface area (Å²) >= 11 is 3.51. The topological polar surface area (TPSA) is 41.9 Å². The number of ether oxygens (including phenoxy) is 2. The number of benzene rings is 2. The van der Waals surface area contributed by atoms with Gasteiger partial charge < -0.3 is 14.6 Å². The van der Waals surface area contributed by atoms with E-state index in [0.717, 1.165) is 28.7 Å². The molecule has 4 nitrogen and oxygen atoms in total. The minimum absolute atomic E-state index is 0. The van der Waals surface area contributed by atoms with E-state index in [4.69, 9.17) is 9.47 Å². The molecule has 1 saturated heterocycles. The highest BCUT2D eigenvalue weighted by Gasteiger charge is 2.24. The molecule has 3 unspecified atom stereocenters. The van der Waals surface area contributed by atoms with E-state index in [1.54, 1.807) is 0 Å². The van der Waals surface area contributed by atoms with Crippen LogP contribution in [-0.4, -0.2) is 49.0 Å². The Bertz CT molecular complexity index is 688. The molecule has 27 heavy (non-hydrogen) atoms. The first-order valence-electron chi connectivity index (χ1n) is 9.06. The zero-order valence-corrected chi connectivity index (χ0v) is 17.9. The van der Waals surface area contributed by atoms with Gasteiger partial charge in [0.25, 0.3) is 0 Å². The van der Waals surface area contributed by atoms with Crippen LogP contribution in [0.3, 0.4) is 0 Å². The largest absolute Gasteiger partial charge is 0.389 e. The van der Waals surface area contributed by atoms with Crippen molar-refractivity contribution in [2.24, 2.45) is 0 Å². The second kappa shape index (κ2) is 11.1. The molecule has 0 bridgehead atoms. The summed E-state index contributed by atoms with van der Waals surface area (Å²) in [5, 5.41) is 10.4. The van der Waals surface area contributed by atoms with Crippen LogP contribution in [0.2, 0.25) is 0 Å². The lowest BCUT2D eigenvalue weighted by Crippen LogP contribution is -2.43. The van der Waals surface area contributed by atoms with Gasteiger partial charge in [-0.15, -0.1) is 12.4 Å². The minimum Gasteiger partial charge on any atom is -0.389 e. The van der Waals surface area contributed by atoms with Crippen molar-refractivity contribution in [2.45, 2.75) is 25.2 Å². The monoisotopic (exact) mass is 455 g/mol. The number of β-amino-alcohol motifs (C(OH)–C–C–N with tert-alkyl or cyclic N) is 1. The van der Waals surface area contributed by atoms with Crippen molar-refractivity contribution >= 4 is 28.3 Å². The average Bonchev–Trinajstić information content (AvgIpc) is 2.67. The lowest BCUT2D eigenvalue weighted by atomic mass is 10.1. The van der Waals surface area contributed by atoms with Gasteiger partial charge in [-0.25, -0.2) is 0 Å². The van der Waals surface area contributed by atoms with Crippen molar-refractivity contribution in [3.8, 4) is 0 Å². The Morgan fingerprint density at radius 3 is 2.74 bits per heavy atom. The van der Waals surface area contributed by atoms with E-state index in [2.05, 4.69) is 33.0 Å². The van der Waals surface area contributed by atoms with Gasteiger partial charge in [-0.1, -0.05) is 58.4 Å². The SMILES string of the molecule is CC(OCC(O)CN1CCOC(c2cccc(Br)c2)C1)c1ccccc1.Cl. The van der Waals surface area contributed by atoms with E-state index in [9.17, 15) is 5.11 Å². The third kappa shape index (κ3) is 6.86. The molecule has 0 radical (unpaired) electrons. The van der Waals surface area contributed by atoms with E-state index in [-0.39, 0.29) is 24.6 Å². The molecule has 0 aromatic heterocycles. The normalized spacial score (nSPS) is 19.9. The van der Waals surface area contributed by atoms with Gasteiger partial charge in [-0.05, 0) is 30.2 Å². The van der Waals surface area contributed by atoms with E-state index in [1.807, 2.05) is 49.4 Å². The second-order valence-corrected chi connectivity index (χ2v) is 7.63. The molecule has 0 amide bonds. The first-order valence-corrected chi connectivity index (χ1v) is 9.85. The molecule has 2 aromatic carbocycles. The Morgan fingerprint density at radius 2 is 2.00 bits per heavy atom. The van der Waals surface area contributed by atoms with Crippen LogP contribution in [0.4, 0.5) is 0 Å². The summed E-state index contributed by atoms with van der Waals surface area (Å²) in [6.07, 6.45) is -0.495. The van der Waals surface area contributed by atoms with Gasteiger partial charge in [0, 0.05) is 24.1 Å². The second-order valence-electron chi connectivity index (χ2n) is 6.71. The van der Waals surface area contributed by atoms with E-state index < -0.39 is 6.10 Å². The Hall–Kier alpha value is -0.950. The summed E-state index contributed by atoms with van der Waals surface area (Å²) in [7, 11) is 0. The lowest BCUT2D eigenvalue weighted by molar-refractivity contribution is -0.0593. The molecule has 1 aliphatic rings. The summed E-state index contributed by atoms with van der Waals surface area (Å²) < 4.78 is 12.8. The van der Waals surface area contributed by atoms with Crippen molar-refractivity contribution in [3.05, 3.63) is 70.2 Å². The van der Waals surface area contributed by atoms with Crippen LogP contribution in [0.5, 0.6) is 0 Å². The van der Waals surface area contributed by atoms with E-state index in [1.165, 1.54) is 0 Å². The molecule has 1 heterocycles. The molecule has 0 saturated carbocycles. The molecule has 0 spiro atoms. The Kier molecular flexibility index (Phi) is 9.22. The molecular formula is C21H27BrClNO3. The molecule has 1 aliphatic heterocycles. The van der Waals surface area contributed by atoms with Crippen LogP contribution in [0.25, 0.3) is 0 Å². The number of hydrogen-bond acceptors (Lipinski definition) is 4. The number of aliphatic hydroxyl groups is 1. The molecular weight excluding hydrogens is 430 g/mol. The predicted octanol–water partition coefficient (Wildman–Crippen LogP) is 4.38. The quantitative estimate of drug-likeness (QED) is 0.671. The Balaban J connectivity index is 0.00000261. The highest BCUT2D eigenvalue weighted by atomic mass is 79.9. The first-order chi connectivity index (χ1) is 12.6. The number of halogens is 2. The minimum atomic E-state index is -0.512. The van der Waals surface area contributed by atoms with Crippen molar-refractivity contribution in [2.75, 3.05) is 32.8 Å². The fourth-order valence-electron chi connectivity index (χ4n) is 3.20. The van der Waals surface area contributed by atoms with E-state index >= 15 is 0 Å². The fraction of sp³-hybridized carbons (Fsp3) is 0.429. The van der Waals surface area contributed by atoms with Gasteiger partial charge in [-0.2, -0.15) is 0 Å². The van der Waals surface area contributed by atoms with Crippen molar-refractivity contribution in [3.63, 3.8) is 0 Å². The zero-order chi connectivity index (χ0) is 18.4. The summed E-state index contributed by atoms with van der Waals surface area (Å²) in [6, 6.07) is 18.3. The van der Waals surface area contributed by atoms with Crippen LogP contribution < -0.4 is 0 Å². The molecule has 3 rings (SSSR count). The van der Waals surface area contributed by atoms with Gasteiger partial charge >= 0.3 is 0 Å². The van der Waals surface area contributed by atoms with Crippen LogP contribution in [-0.2, 0) is 9.47 Å². The summed E-state index contributed by atoms with van der Waals surface area (Å²) in [4.78, 5) is 2.25. The lowest BCUT2D eigenvalue weighted by Gasteiger charge is -2.34. The van der Waals surface area contributed by atoms with Crippen LogP contribution >= 0.6 is 28.3 Å². The van der Waals surface area contributed by atoms with Gasteiger partial charge in [0.05, 0.1) is 31.5 Å². The maximum absolute atomic E-state index is 10.4. The fourth-order valence-corrected chi connectivity index (χ4v) is 3.62. The van der Waals surface area contributed by atoms with Crippen LogP contribution in [0.1, 0.15) is 30.3 Å². The van der Waals surface area contributed by atoms with Gasteiger partial charge in [0.15, 0.2) is 0 Å². The zero-order valence-electron chi connectivity index (χ0n) is 15.5.